The van der Waals surface area contributed by atoms with Crippen molar-refractivity contribution in [3.63, 3.8) is 0 Å². The minimum absolute atomic E-state index is 0.0862. The van der Waals surface area contributed by atoms with Crippen LogP contribution < -0.4 is 5.43 Å². The minimum Gasteiger partial charge on any atom is -0.272 e. The molecule has 2 amide bonds. The summed E-state index contributed by atoms with van der Waals surface area (Å²) in [6.45, 7) is 7.25. The highest BCUT2D eigenvalue weighted by atomic mass is 16.2. The molecule has 0 aromatic heterocycles. The summed E-state index contributed by atoms with van der Waals surface area (Å²) in [6.07, 6.45) is 0.0862. The zero-order valence-corrected chi connectivity index (χ0v) is 12.4. The Kier molecular flexibility index (Phi) is 5.33. The second kappa shape index (κ2) is 6.76. The first-order chi connectivity index (χ1) is 9.36. The van der Waals surface area contributed by atoms with E-state index in [0.29, 0.717) is 5.56 Å². The third-order valence-electron chi connectivity index (χ3n) is 2.59. The molecule has 0 aliphatic heterocycles. The van der Waals surface area contributed by atoms with Crippen LogP contribution in [0.25, 0.3) is 0 Å². The normalized spacial score (nSPS) is 10.2. The molecule has 1 rings (SSSR count). The zero-order chi connectivity index (χ0) is 15.2. The predicted molar refractivity (Wildman–Crippen MR) is 78.6 cm³/mol. The molecule has 1 aromatic rings. The number of rotatable bonds is 2. The number of amides is 2. The van der Waals surface area contributed by atoms with Gasteiger partial charge >= 0.3 is 0 Å². The first-order valence-corrected chi connectivity index (χ1v) is 6.45. The van der Waals surface area contributed by atoms with Crippen LogP contribution in [-0.4, -0.2) is 22.4 Å². The third kappa shape index (κ3) is 4.43. The minimum atomic E-state index is -0.517. The molecule has 0 heterocycles. The van der Waals surface area contributed by atoms with Crippen LogP contribution >= 0.6 is 0 Å². The molecule has 0 saturated heterocycles. The van der Waals surface area contributed by atoms with Crippen LogP contribution in [0.5, 0.6) is 0 Å². The first-order valence-electron chi connectivity index (χ1n) is 6.45. The summed E-state index contributed by atoms with van der Waals surface area (Å²) < 4.78 is 0. The van der Waals surface area contributed by atoms with Crippen molar-refractivity contribution >= 4 is 11.8 Å². The number of hydrazine groups is 1. The van der Waals surface area contributed by atoms with E-state index in [4.69, 9.17) is 0 Å². The summed E-state index contributed by atoms with van der Waals surface area (Å²) >= 11 is 0. The molecule has 106 valence electrons. The highest BCUT2D eigenvalue weighted by molar-refractivity contribution is 5.95. The Hall–Kier alpha value is -2.28. The van der Waals surface area contributed by atoms with E-state index in [1.54, 1.807) is 31.2 Å². The quantitative estimate of drug-likeness (QED) is 0.664. The van der Waals surface area contributed by atoms with Gasteiger partial charge in [-0.15, -0.1) is 5.92 Å². The molecular weight excluding hydrogens is 252 g/mol. The van der Waals surface area contributed by atoms with Crippen LogP contribution in [0.3, 0.4) is 0 Å². The van der Waals surface area contributed by atoms with Crippen molar-refractivity contribution in [1.29, 1.82) is 0 Å². The number of carbonyl (C=O) groups excluding carboxylic acids is 2. The standard InChI is InChI=1S/C16H20N2O2/c1-5-6-12-14(19)18(16(2,3)4)17-15(20)13-10-8-7-9-11-13/h7-11H,12H2,1-4H3,(H,17,20). The molecule has 0 saturated carbocycles. The van der Waals surface area contributed by atoms with Crippen LogP contribution in [0.15, 0.2) is 30.3 Å². The van der Waals surface area contributed by atoms with E-state index in [2.05, 4.69) is 17.3 Å². The van der Waals surface area contributed by atoms with Crippen LogP contribution in [0.4, 0.5) is 0 Å². The molecule has 0 aliphatic rings. The zero-order valence-electron chi connectivity index (χ0n) is 12.4. The summed E-state index contributed by atoms with van der Waals surface area (Å²) in [4.78, 5) is 24.3. The fourth-order valence-corrected chi connectivity index (χ4v) is 1.60. The second-order valence-corrected chi connectivity index (χ2v) is 5.31. The molecule has 0 unspecified atom stereocenters. The molecule has 20 heavy (non-hydrogen) atoms. The number of nitrogens with one attached hydrogen (secondary N) is 1. The predicted octanol–water partition coefficient (Wildman–Crippen LogP) is 2.37. The largest absolute Gasteiger partial charge is 0.272 e. The van der Waals surface area contributed by atoms with E-state index in [1.807, 2.05) is 26.8 Å². The van der Waals surface area contributed by atoms with Crippen LogP contribution in [0.2, 0.25) is 0 Å². The van der Waals surface area contributed by atoms with Crippen molar-refractivity contribution in [3.8, 4) is 11.8 Å². The Morgan fingerprint density at radius 1 is 1.20 bits per heavy atom. The SMILES string of the molecule is CC#CCC(=O)N(NC(=O)c1ccccc1)C(C)(C)C. The molecular formula is C16H20N2O2. The van der Waals surface area contributed by atoms with Gasteiger partial charge in [0.25, 0.3) is 11.8 Å². The van der Waals surface area contributed by atoms with E-state index < -0.39 is 5.54 Å². The molecule has 0 bridgehead atoms. The van der Waals surface area contributed by atoms with Crippen molar-refractivity contribution in [3.05, 3.63) is 35.9 Å². The van der Waals surface area contributed by atoms with Gasteiger partial charge in [-0.2, -0.15) is 0 Å². The van der Waals surface area contributed by atoms with Crippen molar-refractivity contribution in [2.75, 3.05) is 0 Å². The van der Waals surface area contributed by atoms with Crippen molar-refractivity contribution in [2.24, 2.45) is 0 Å². The average molecular weight is 272 g/mol. The summed E-state index contributed by atoms with van der Waals surface area (Å²) in [5.74, 6) is 4.87. The summed E-state index contributed by atoms with van der Waals surface area (Å²) in [6, 6.07) is 8.79. The van der Waals surface area contributed by atoms with E-state index >= 15 is 0 Å². The molecule has 4 heteroatoms. The maximum atomic E-state index is 12.1. The number of hydrogen-bond acceptors (Lipinski definition) is 2. The van der Waals surface area contributed by atoms with Gasteiger partial charge in [0.2, 0.25) is 0 Å². The summed E-state index contributed by atoms with van der Waals surface area (Å²) in [5.41, 5.74) is 2.65. The third-order valence-corrected chi connectivity index (χ3v) is 2.59. The van der Waals surface area contributed by atoms with Gasteiger partial charge in [0, 0.05) is 5.56 Å². The van der Waals surface area contributed by atoms with Gasteiger partial charge in [0.1, 0.15) is 0 Å². The lowest BCUT2D eigenvalue weighted by atomic mass is 10.1. The molecule has 0 aliphatic carbocycles. The Morgan fingerprint density at radius 2 is 1.80 bits per heavy atom. The van der Waals surface area contributed by atoms with Gasteiger partial charge in [-0.25, -0.2) is 5.01 Å². The highest BCUT2D eigenvalue weighted by Crippen LogP contribution is 2.12. The Balaban J connectivity index is 2.88. The van der Waals surface area contributed by atoms with Crippen LogP contribution in [-0.2, 0) is 4.79 Å². The molecule has 1 N–H and O–H groups in total. The molecule has 0 atom stereocenters. The fraction of sp³-hybridized carbons (Fsp3) is 0.375. The number of benzene rings is 1. The first kappa shape index (κ1) is 15.8. The highest BCUT2D eigenvalue weighted by Gasteiger charge is 2.27. The van der Waals surface area contributed by atoms with E-state index in [1.165, 1.54) is 5.01 Å². The lowest BCUT2D eigenvalue weighted by Gasteiger charge is -2.35. The van der Waals surface area contributed by atoms with Crippen LogP contribution in [0, 0.1) is 11.8 Å². The van der Waals surface area contributed by atoms with Gasteiger partial charge in [0.05, 0.1) is 12.0 Å². The topological polar surface area (TPSA) is 49.4 Å². The van der Waals surface area contributed by atoms with Gasteiger partial charge in [-0.3, -0.25) is 15.0 Å². The van der Waals surface area contributed by atoms with E-state index in [0.717, 1.165) is 0 Å². The van der Waals surface area contributed by atoms with Crippen molar-refractivity contribution in [2.45, 2.75) is 39.7 Å². The molecule has 4 nitrogen and oxygen atoms in total. The number of carbonyl (C=O) groups is 2. The van der Waals surface area contributed by atoms with Gasteiger partial charge in [-0.05, 0) is 39.8 Å². The van der Waals surface area contributed by atoms with Crippen molar-refractivity contribution in [1.82, 2.24) is 10.4 Å². The van der Waals surface area contributed by atoms with E-state index in [-0.39, 0.29) is 18.2 Å². The second-order valence-electron chi connectivity index (χ2n) is 5.31. The maximum absolute atomic E-state index is 12.1. The smallest absolute Gasteiger partial charge is 0.269 e. The maximum Gasteiger partial charge on any atom is 0.269 e. The summed E-state index contributed by atoms with van der Waals surface area (Å²) in [7, 11) is 0. The lowest BCUT2D eigenvalue weighted by Crippen LogP contribution is -2.55. The number of hydrogen-bond donors (Lipinski definition) is 1. The van der Waals surface area contributed by atoms with E-state index in [9.17, 15) is 9.59 Å². The summed E-state index contributed by atoms with van der Waals surface area (Å²) in [5, 5.41) is 1.34. The van der Waals surface area contributed by atoms with Crippen molar-refractivity contribution < 1.29 is 9.59 Å². The Bertz CT molecular complexity index is 533. The Labute approximate surface area is 120 Å². The molecule has 0 radical (unpaired) electrons. The average Bonchev–Trinajstić information content (AvgIpc) is 2.41. The molecule has 0 spiro atoms. The molecule has 0 fully saturated rings. The monoisotopic (exact) mass is 272 g/mol. The Morgan fingerprint density at radius 3 is 2.30 bits per heavy atom. The molecule has 1 aromatic carbocycles. The van der Waals surface area contributed by atoms with Crippen LogP contribution in [0.1, 0.15) is 44.5 Å². The lowest BCUT2D eigenvalue weighted by molar-refractivity contribution is -0.138. The van der Waals surface area contributed by atoms with Gasteiger partial charge in [-0.1, -0.05) is 24.1 Å². The van der Waals surface area contributed by atoms with Gasteiger partial charge in [0.15, 0.2) is 0 Å². The van der Waals surface area contributed by atoms with Gasteiger partial charge < -0.3 is 0 Å². The number of nitrogens with zero attached hydrogens (tertiary/aromatic N) is 1. The fourth-order valence-electron chi connectivity index (χ4n) is 1.60.